The van der Waals surface area contributed by atoms with Crippen LogP contribution in [0.1, 0.15) is 10.4 Å². The standard InChI is InChI=1S/C19H17N3O4/c1-25-17-6-4-3-5-16(17)22-18(23)14(11-20)12-21-15-9-7-13(8-10-15)19(24)26-2/h3-10,12,21H,1-2H3,(H,22,23)/b14-12-. The first-order chi connectivity index (χ1) is 12.6. The number of amides is 1. The Labute approximate surface area is 150 Å². The van der Waals surface area contributed by atoms with Gasteiger partial charge in [0.05, 0.1) is 25.5 Å². The predicted octanol–water partition coefficient (Wildman–Crippen LogP) is 2.94. The molecule has 0 atom stereocenters. The lowest BCUT2D eigenvalue weighted by molar-refractivity contribution is -0.112. The van der Waals surface area contributed by atoms with Crippen LogP contribution in [0.3, 0.4) is 0 Å². The summed E-state index contributed by atoms with van der Waals surface area (Å²) in [6.07, 6.45) is 1.29. The monoisotopic (exact) mass is 351 g/mol. The van der Waals surface area contributed by atoms with Gasteiger partial charge >= 0.3 is 5.97 Å². The lowest BCUT2D eigenvalue weighted by Crippen LogP contribution is -2.15. The van der Waals surface area contributed by atoms with Crippen molar-refractivity contribution in [2.45, 2.75) is 0 Å². The van der Waals surface area contributed by atoms with Gasteiger partial charge in [-0.3, -0.25) is 4.79 Å². The molecule has 132 valence electrons. The summed E-state index contributed by atoms with van der Waals surface area (Å²) < 4.78 is 9.78. The number of carbonyl (C=O) groups excluding carboxylic acids is 2. The van der Waals surface area contributed by atoms with Crippen molar-refractivity contribution in [3.05, 3.63) is 65.9 Å². The van der Waals surface area contributed by atoms with Gasteiger partial charge in [-0.25, -0.2) is 4.79 Å². The predicted molar refractivity (Wildman–Crippen MR) is 96.7 cm³/mol. The largest absolute Gasteiger partial charge is 0.495 e. The van der Waals surface area contributed by atoms with Gasteiger partial charge in [-0.2, -0.15) is 5.26 Å². The van der Waals surface area contributed by atoms with Gasteiger partial charge in [-0.15, -0.1) is 0 Å². The summed E-state index contributed by atoms with van der Waals surface area (Å²) in [6, 6.07) is 15.1. The number of carbonyl (C=O) groups is 2. The van der Waals surface area contributed by atoms with Crippen LogP contribution in [-0.4, -0.2) is 26.1 Å². The molecule has 0 saturated heterocycles. The van der Waals surface area contributed by atoms with Crippen LogP contribution < -0.4 is 15.4 Å². The van der Waals surface area contributed by atoms with Gasteiger partial charge in [-0.1, -0.05) is 12.1 Å². The van der Waals surface area contributed by atoms with Gasteiger partial charge in [-0.05, 0) is 36.4 Å². The van der Waals surface area contributed by atoms with Gasteiger partial charge in [0.1, 0.15) is 17.4 Å². The third-order valence-corrected chi connectivity index (χ3v) is 3.41. The zero-order valence-electron chi connectivity index (χ0n) is 14.3. The number of hydrogen-bond acceptors (Lipinski definition) is 6. The van der Waals surface area contributed by atoms with Crippen molar-refractivity contribution >= 4 is 23.3 Å². The van der Waals surface area contributed by atoms with E-state index >= 15 is 0 Å². The summed E-state index contributed by atoms with van der Waals surface area (Å²) in [4.78, 5) is 23.6. The highest BCUT2D eigenvalue weighted by molar-refractivity contribution is 6.07. The second kappa shape index (κ2) is 8.89. The topological polar surface area (TPSA) is 100 Å². The van der Waals surface area contributed by atoms with Gasteiger partial charge in [0, 0.05) is 11.9 Å². The number of nitriles is 1. The molecule has 1 amide bonds. The van der Waals surface area contributed by atoms with Crippen molar-refractivity contribution in [3.63, 3.8) is 0 Å². The number of para-hydroxylation sites is 2. The molecule has 2 rings (SSSR count). The Kier molecular flexibility index (Phi) is 6.34. The minimum absolute atomic E-state index is 0.118. The van der Waals surface area contributed by atoms with E-state index < -0.39 is 11.9 Å². The molecule has 0 aliphatic rings. The number of anilines is 2. The maximum atomic E-state index is 12.3. The molecule has 0 radical (unpaired) electrons. The smallest absolute Gasteiger partial charge is 0.337 e. The number of esters is 1. The zero-order chi connectivity index (χ0) is 18.9. The summed E-state index contributed by atoms with van der Waals surface area (Å²) in [6.45, 7) is 0. The number of ether oxygens (including phenoxy) is 2. The van der Waals surface area contributed by atoms with E-state index in [1.165, 1.54) is 20.4 Å². The fourth-order valence-corrected chi connectivity index (χ4v) is 2.06. The molecule has 2 aromatic rings. The van der Waals surface area contributed by atoms with E-state index in [0.29, 0.717) is 22.7 Å². The molecule has 2 aromatic carbocycles. The summed E-state index contributed by atoms with van der Waals surface area (Å²) in [5.74, 6) is -0.527. The first-order valence-electron chi connectivity index (χ1n) is 7.58. The molecule has 2 N–H and O–H groups in total. The minimum Gasteiger partial charge on any atom is -0.495 e. The number of rotatable bonds is 6. The Hall–Kier alpha value is -3.79. The third kappa shape index (κ3) is 4.61. The average molecular weight is 351 g/mol. The number of hydrogen-bond donors (Lipinski definition) is 2. The second-order valence-corrected chi connectivity index (χ2v) is 5.04. The van der Waals surface area contributed by atoms with Crippen LogP contribution in [0, 0.1) is 11.3 Å². The first-order valence-corrected chi connectivity index (χ1v) is 7.58. The molecule has 0 bridgehead atoms. The Balaban J connectivity index is 2.08. The van der Waals surface area contributed by atoms with E-state index in [4.69, 9.17) is 4.74 Å². The highest BCUT2D eigenvalue weighted by Crippen LogP contribution is 2.23. The second-order valence-electron chi connectivity index (χ2n) is 5.04. The summed E-state index contributed by atoms with van der Waals surface area (Å²) in [5, 5.41) is 14.7. The van der Waals surface area contributed by atoms with E-state index in [2.05, 4.69) is 15.4 Å². The zero-order valence-corrected chi connectivity index (χ0v) is 14.3. The van der Waals surface area contributed by atoms with Crippen LogP contribution in [0.2, 0.25) is 0 Å². The highest BCUT2D eigenvalue weighted by atomic mass is 16.5. The number of methoxy groups -OCH3 is 2. The number of nitrogens with one attached hydrogen (secondary N) is 2. The van der Waals surface area contributed by atoms with Crippen molar-refractivity contribution in [3.8, 4) is 11.8 Å². The molecule has 7 heteroatoms. The first kappa shape index (κ1) is 18.5. The molecule has 0 aliphatic carbocycles. The summed E-state index contributed by atoms with van der Waals surface area (Å²) in [7, 11) is 2.79. The molecule has 0 fully saturated rings. The van der Waals surface area contributed by atoms with Crippen LogP contribution in [0.15, 0.2) is 60.3 Å². The molecule has 0 aromatic heterocycles. The normalized spacial score (nSPS) is 10.4. The molecule has 0 aliphatic heterocycles. The van der Waals surface area contributed by atoms with Crippen molar-refractivity contribution in [1.82, 2.24) is 0 Å². The lowest BCUT2D eigenvalue weighted by atomic mass is 10.2. The van der Waals surface area contributed by atoms with E-state index in [1.807, 2.05) is 6.07 Å². The molecule has 26 heavy (non-hydrogen) atoms. The van der Waals surface area contributed by atoms with E-state index in [-0.39, 0.29) is 5.57 Å². The van der Waals surface area contributed by atoms with Crippen molar-refractivity contribution < 1.29 is 19.1 Å². The quantitative estimate of drug-likeness (QED) is 0.471. The Bertz CT molecular complexity index is 867. The summed E-state index contributed by atoms with van der Waals surface area (Å²) >= 11 is 0. The molecule has 0 unspecified atom stereocenters. The molecule has 0 saturated carbocycles. The third-order valence-electron chi connectivity index (χ3n) is 3.41. The van der Waals surface area contributed by atoms with E-state index in [0.717, 1.165) is 0 Å². The maximum Gasteiger partial charge on any atom is 0.337 e. The lowest BCUT2D eigenvalue weighted by Gasteiger charge is -2.09. The average Bonchev–Trinajstić information content (AvgIpc) is 2.68. The fraction of sp³-hybridized carbons (Fsp3) is 0.105. The van der Waals surface area contributed by atoms with Crippen molar-refractivity contribution in [2.75, 3.05) is 24.9 Å². The number of benzene rings is 2. The Morgan fingerprint density at radius 1 is 1.08 bits per heavy atom. The van der Waals surface area contributed by atoms with Gasteiger partial charge in [0.2, 0.25) is 0 Å². The van der Waals surface area contributed by atoms with Crippen molar-refractivity contribution in [1.29, 1.82) is 5.26 Å². The molecule has 7 nitrogen and oxygen atoms in total. The van der Waals surface area contributed by atoms with Crippen molar-refractivity contribution in [2.24, 2.45) is 0 Å². The molecule has 0 heterocycles. The van der Waals surface area contributed by atoms with E-state index in [9.17, 15) is 14.9 Å². The van der Waals surface area contributed by atoms with E-state index in [1.54, 1.807) is 48.5 Å². The maximum absolute atomic E-state index is 12.3. The number of nitrogens with zero attached hydrogens (tertiary/aromatic N) is 1. The van der Waals surface area contributed by atoms with Gasteiger partial charge in [0.25, 0.3) is 5.91 Å². The molecular weight excluding hydrogens is 334 g/mol. The Morgan fingerprint density at radius 3 is 2.38 bits per heavy atom. The fourth-order valence-electron chi connectivity index (χ4n) is 2.06. The van der Waals surface area contributed by atoms with Crippen LogP contribution in [0.5, 0.6) is 5.75 Å². The Morgan fingerprint density at radius 2 is 1.77 bits per heavy atom. The van der Waals surface area contributed by atoms with Gasteiger partial charge in [0.15, 0.2) is 0 Å². The molecule has 0 spiro atoms. The van der Waals surface area contributed by atoms with Crippen LogP contribution >= 0.6 is 0 Å². The van der Waals surface area contributed by atoms with Crippen LogP contribution in [0.4, 0.5) is 11.4 Å². The molecular formula is C19H17N3O4. The van der Waals surface area contributed by atoms with Gasteiger partial charge < -0.3 is 20.1 Å². The SMILES string of the molecule is COC(=O)c1ccc(N/C=C(/C#N)C(=O)Nc2ccccc2OC)cc1. The van der Waals surface area contributed by atoms with Crippen LogP contribution in [-0.2, 0) is 9.53 Å². The minimum atomic E-state index is -0.573. The summed E-state index contributed by atoms with van der Waals surface area (Å²) in [5.41, 5.74) is 1.35. The highest BCUT2D eigenvalue weighted by Gasteiger charge is 2.12. The van der Waals surface area contributed by atoms with Crippen LogP contribution in [0.25, 0.3) is 0 Å².